The summed E-state index contributed by atoms with van der Waals surface area (Å²) in [6, 6.07) is 0. The lowest BCUT2D eigenvalue weighted by molar-refractivity contribution is 1.30. The van der Waals surface area contributed by atoms with E-state index >= 15 is 0 Å². The summed E-state index contributed by atoms with van der Waals surface area (Å²) in [6.07, 6.45) is 5.55. The summed E-state index contributed by atoms with van der Waals surface area (Å²) < 4.78 is 6.68. The fourth-order valence-electron chi connectivity index (χ4n) is 0.204. The molecule has 0 fully saturated rings. The molecule has 0 heterocycles. The molecule has 0 saturated heterocycles. The highest BCUT2D eigenvalue weighted by Crippen LogP contribution is 1.88. The summed E-state index contributed by atoms with van der Waals surface area (Å²) in [6.45, 7) is 1.95. The first-order chi connectivity index (χ1) is 3.91. The van der Waals surface area contributed by atoms with Crippen molar-refractivity contribution in [2.24, 2.45) is 4.40 Å². The predicted octanol–water partition coefficient (Wildman–Crippen LogP) is 1.42. The first kappa shape index (κ1) is 7.72. The summed E-state index contributed by atoms with van der Waals surface area (Å²) in [4.78, 5) is 0. The highest BCUT2D eigenvalue weighted by atomic mass is 32.2. The van der Waals surface area contributed by atoms with Crippen LogP contribution < -0.4 is 4.72 Å². The Morgan fingerprint density at radius 3 is 2.88 bits per heavy atom. The van der Waals surface area contributed by atoms with E-state index in [2.05, 4.69) is 9.12 Å². The van der Waals surface area contributed by atoms with Gasteiger partial charge in [0.15, 0.2) is 0 Å². The lowest BCUT2D eigenvalue weighted by atomic mass is 10.6. The van der Waals surface area contributed by atoms with Gasteiger partial charge < -0.3 is 0 Å². The quantitative estimate of drug-likeness (QED) is 0.461. The van der Waals surface area contributed by atoms with Crippen LogP contribution in [0, 0.1) is 0 Å². The second-order valence-corrected chi connectivity index (χ2v) is 1.88. The van der Waals surface area contributed by atoms with E-state index in [0.717, 1.165) is 0 Å². The fraction of sp³-hybridized carbons (Fsp3) is 0.400. The average Bonchev–Trinajstić information content (AvgIpc) is 1.81. The first-order valence-electron chi connectivity index (χ1n) is 2.39. The minimum absolute atomic E-state index is 1.32. The zero-order valence-electron chi connectivity index (χ0n) is 5.09. The van der Waals surface area contributed by atoms with Gasteiger partial charge in [-0.1, -0.05) is 6.08 Å². The van der Waals surface area contributed by atoms with E-state index in [0.29, 0.717) is 0 Å². The van der Waals surface area contributed by atoms with Gasteiger partial charge in [-0.2, -0.15) is 0 Å². The molecule has 0 radical (unpaired) electrons. The second kappa shape index (κ2) is 6.72. The van der Waals surface area contributed by atoms with Crippen LogP contribution in [0.1, 0.15) is 6.92 Å². The van der Waals surface area contributed by atoms with Crippen LogP contribution in [0.4, 0.5) is 0 Å². The lowest BCUT2D eigenvalue weighted by Crippen LogP contribution is -1.85. The summed E-state index contributed by atoms with van der Waals surface area (Å²) in [5, 5.41) is 0. The van der Waals surface area contributed by atoms with Gasteiger partial charge in [0.05, 0.1) is 12.1 Å². The van der Waals surface area contributed by atoms with Crippen molar-refractivity contribution in [1.82, 2.24) is 4.72 Å². The Morgan fingerprint density at radius 2 is 2.38 bits per heavy atom. The van der Waals surface area contributed by atoms with Crippen molar-refractivity contribution >= 4 is 18.3 Å². The lowest BCUT2D eigenvalue weighted by Gasteiger charge is -1.81. The molecule has 0 aliphatic carbocycles. The van der Waals surface area contributed by atoms with Crippen LogP contribution >= 0.6 is 12.1 Å². The molecular formula is C5H10N2S. The van der Waals surface area contributed by atoms with Crippen molar-refractivity contribution in [3.63, 3.8) is 0 Å². The Kier molecular flexibility index (Phi) is 6.48. The maximum absolute atomic E-state index is 3.87. The zero-order valence-corrected chi connectivity index (χ0v) is 5.90. The van der Waals surface area contributed by atoms with Gasteiger partial charge >= 0.3 is 0 Å². The van der Waals surface area contributed by atoms with Crippen molar-refractivity contribution in [2.45, 2.75) is 6.92 Å². The van der Waals surface area contributed by atoms with Crippen LogP contribution in [0.2, 0.25) is 0 Å². The second-order valence-electron chi connectivity index (χ2n) is 1.08. The largest absolute Gasteiger partial charge is 0.247 e. The first-order valence-corrected chi connectivity index (χ1v) is 3.16. The number of nitrogens with one attached hydrogen (secondary N) is 1. The third-order valence-electron chi connectivity index (χ3n) is 0.483. The van der Waals surface area contributed by atoms with E-state index in [1.165, 1.54) is 12.1 Å². The molecule has 2 nitrogen and oxygen atoms in total. The topological polar surface area (TPSA) is 24.4 Å². The third kappa shape index (κ3) is 5.72. The van der Waals surface area contributed by atoms with Gasteiger partial charge in [-0.05, 0) is 20.0 Å². The van der Waals surface area contributed by atoms with Crippen LogP contribution in [-0.4, -0.2) is 13.3 Å². The molecule has 0 saturated carbocycles. The Labute approximate surface area is 54.3 Å². The maximum atomic E-state index is 3.87. The molecule has 8 heavy (non-hydrogen) atoms. The van der Waals surface area contributed by atoms with Gasteiger partial charge in [0, 0.05) is 6.21 Å². The number of hydrogen-bond acceptors (Lipinski definition) is 3. The highest BCUT2D eigenvalue weighted by molar-refractivity contribution is 7.96. The molecule has 0 unspecified atom stereocenters. The molecule has 46 valence electrons. The molecule has 0 amide bonds. The molecule has 0 aliphatic rings. The van der Waals surface area contributed by atoms with Crippen LogP contribution in [0.3, 0.4) is 0 Å². The van der Waals surface area contributed by atoms with Gasteiger partial charge in [-0.25, -0.2) is 9.12 Å². The van der Waals surface area contributed by atoms with Crippen molar-refractivity contribution < 1.29 is 0 Å². The number of hydrogen-bond donors (Lipinski definition) is 1. The standard InChI is InChI=1S/C5H10N2S/c1-3-4-5-7-8-6-2/h3-6H,1-2H3/b4-3+,7-5?. The van der Waals surface area contributed by atoms with E-state index in [1.807, 2.05) is 26.1 Å². The fourth-order valence-corrected chi connectivity index (χ4v) is 0.441. The van der Waals surface area contributed by atoms with E-state index in [1.54, 1.807) is 6.21 Å². The van der Waals surface area contributed by atoms with Crippen molar-refractivity contribution in [3.8, 4) is 0 Å². The van der Waals surface area contributed by atoms with E-state index in [9.17, 15) is 0 Å². The molecular weight excluding hydrogens is 120 g/mol. The van der Waals surface area contributed by atoms with E-state index < -0.39 is 0 Å². The molecule has 0 atom stereocenters. The Balaban J connectivity index is 3.07. The van der Waals surface area contributed by atoms with Gasteiger partial charge in [-0.15, -0.1) is 0 Å². The van der Waals surface area contributed by atoms with Gasteiger partial charge in [0.2, 0.25) is 0 Å². The van der Waals surface area contributed by atoms with Crippen molar-refractivity contribution in [2.75, 3.05) is 7.05 Å². The van der Waals surface area contributed by atoms with E-state index in [-0.39, 0.29) is 0 Å². The summed E-state index contributed by atoms with van der Waals surface area (Å²) in [5.74, 6) is 0. The summed E-state index contributed by atoms with van der Waals surface area (Å²) in [7, 11) is 1.83. The van der Waals surface area contributed by atoms with Crippen molar-refractivity contribution in [1.29, 1.82) is 0 Å². The normalized spacial score (nSPS) is 11.8. The van der Waals surface area contributed by atoms with Crippen LogP contribution in [-0.2, 0) is 0 Å². The van der Waals surface area contributed by atoms with Crippen LogP contribution in [0.15, 0.2) is 16.5 Å². The number of rotatable bonds is 3. The Hall–Kier alpha value is -0.280. The van der Waals surface area contributed by atoms with E-state index in [4.69, 9.17) is 0 Å². The molecule has 0 aromatic heterocycles. The molecule has 1 N–H and O–H groups in total. The molecule has 0 bridgehead atoms. The monoisotopic (exact) mass is 130 g/mol. The minimum atomic E-state index is 1.32. The molecule has 0 aromatic carbocycles. The SMILES string of the molecule is C/C=C/C=NSNC. The Bertz CT molecular complexity index is 88.4. The maximum Gasteiger partial charge on any atom is 0.0583 e. The smallest absolute Gasteiger partial charge is 0.0583 e. The number of allylic oxidation sites excluding steroid dienone is 2. The summed E-state index contributed by atoms with van der Waals surface area (Å²) >= 11 is 1.32. The molecule has 0 aliphatic heterocycles. The third-order valence-corrected chi connectivity index (χ3v) is 0.893. The predicted molar refractivity (Wildman–Crippen MR) is 40.0 cm³/mol. The molecule has 0 aromatic rings. The zero-order chi connectivity index (χ0) is 6.24. The molecule has 0 rings (SSSR count). The molecule has 3 heteroatoms. The summed E-state index contributed by atoms with van der Waals surface area (Å²) in [5.41, 5.74) is 0. The van der Waals surface area contributed by atoms with Crippen LogP contribution in [0.25, 0.3) is 0 Å². The average molecular weight is 130 g/mol. The number of nitrogens with zero attached hydrogens (tertiary/aromatic N) is 1. The minimum Gasteiger partial charge on any atom is -0.247 e. The van der Waals surface area contributed by atoms with Crippen molar-refractivity contribution in [3.05, 3.63) is 12.2 Å². The van der Waals surface area contributed by atoms with Crippen LogP contribution in [0.5, 0.6) is 0 Å². The highest BCUT2D eigenvalue weighted by Gasteiger charge is 1.65. The van der Waals surface area contributed by atoms with Gasteiger partial charge in [0.25, 0.3) is 0 Å². The molecule has 0 spiro atoms. The Morgan fingerprint density at radius 1 is 1.62 bits per heavy atom. The van der Waals surface area contributed by atoms with Gasteiger partial charge in [-0.3, -0.25) is 0 Å². The van der Waals surface area contributed by atoms with Gasteiger partial charge in [0.1, 0.15) is 0 Å².